The Morgan fingerprint density at radius 1 is 1.40 bits per heavy atom. The predicted molar refractivity (Wildman–Crippen MR) is 64.8 cm³/mol. The van der Waals surface area contributed by atoms with Gasteiger partial charge in [0.25, 0.3) is 0 Å². The molecule has 0 radical (unpaired) electrons. The molecule has 1 unspecified atom stereocenters. The summed E-state index contributed by atoms with van der Waals surface area (Å²) in [5.41, 5.74) is 0. The van der Waals surface area contributed by atoms with E-state index in [0.717, 1.165) is 19.4 Å². The third kappa shape index (κ3) is 4.03. The Balaban J connectivity index is 2.38. The van der Waals surface area contributed by atoms with Crippen LogP contribution in [0.2, 0.25) is 0 Å². The third-order valence-corrected chi connectivity index (χ3v) is 3.69. The van der Waals surface area contributed by atoms with Gasteiger partial charge in [-0.2, -0.15) is 5.26 Å². The summed E-state index contributed by atoms with van der Waals surface area (Å²) < 4.78 is 0. The van der Waals surface area contributed by atoms with Crippen molar-refractivity contribution >= 4 is 11.3 Å². The molecular formula is C12H18N2S. The minimum absolute atomic E-state index is 0.335. The highest BCUT2D eigenvalue weighted by Gasteiger charge is 2.05. The summed E-state index contributed by atoms with van der Waals surface area (Å²) in [5, 5.41) is 12.0. The number of nitrogens with zero attached hydrogens (tertiary/aromatic N) is 1. The van der Waals surface area contributed by atoms with Gasteiger partial charge in [0.2, 0.25) is 0 Å². The molecule has 1 atom stereocenters. The van der Waals surface area contributed by atoms with Gasteiger partial charge in [0.05, 0.1) is 12.5 Å². The molecule has 0 amide bonds. The van der Waals surface area contributed by atoms with Gasteiger partial charge in [-0.25, -0.2) is 0 Å². The van der Waals surface area contributed by atoms with E-state index >= 15 is 0 Å². The zero-order valence-corrected chi connectivity index (χ0v) is 10.2. The summed E-state index contributed by atoms with van der Waals surface area (Å²) >= 11 is 1.86. The molecule has 0 bridgehead atoms. The molecule has 1 rings (SSSR count). The molecule has 1 N–H and O–H groups in total. The largest absolute Gasteiger partial charge is 0.308 e. The maximum atomic E-state index is 8.62. The second-order valence-corrected chi connectivity index (χ2v) is 4.82. The Bertz CT molecular complexity index is 325. The summed E-state index contributed by atoms with van der Waals surface area (Å²) in [6.45, 7) is 5.18. The van der Waals surface area contributed by atoms with Gasteiger partial charge in [-0.15, -0.1) is 11.3 Å². The SMILES string of the molecule is CCc1ccc(CNC(CC)CC#N)s1. The molecule has 1 aromatic rings. The highest BCUT2D eigenvalue weighted by Crippen LogP contribution is 2.16. The smallest absolute Gasteiger partial charge is 0.0638 e. The van der Waals surface area contributed by atoms with E-state index in [-0.39, 0.29) is 0 Å². The number of rotatable bonds is 6. The van der Waals surface area contributed by atoms with Crippen LogP contribution in [0.5, 0.6) is 0 Å². The first kappa shape index (κ1) is 12.2. The first-order chi connectivity index (χ1) is 7.30. The molecule has 1 aromatic heterocycles. The fourth-order valence-electron chi connectivity index (χ4n) is 1.42. The van der Waals surface area contributed by atoms with E-state index in [1.165, 1.54) is 9.75 Å². The van der Waals surface area contributed by atoms with Gasteiger partial charge >= 0.3 is 0 Å². The Morgan fingerprint density at radius 2 is 2.13 bits per heavy atom. The number of aryl methyl sites for hydroxylation is 1. The summed E-state index contributed by atoms with van der Waals surface area (Å²) in [4.78, 5) is 2.79. The van der Waals surface area contributed by atoms with Crippen molar-refractivity contribution in [3.8, 4) is 6.07 Å². The Kier molecular flexibility index (Phi) is 5.38. The van der Waals surface area contributed by atoms with E-state index in [0.29, 0.717) is 12.5 Å². The second kappa shape index (κ2) is 6.60. The van der Waals surface area contributed by atoms with Gasteiger partial charge in [0.1, 0.15) is 0 Å². The minimum atomic E-state index is 0.335. The first-order valence-electron chi connectivity index (χ1n) is 5.48. The van der Waals surface area contributed by atoms with Crippen LogP contribution < -0.4 is 5.32 Å². The maximum Gasteiger partial charge on any atom is 0.0638 e. The topological polar surface area (TPSA) is 35.8 Å². The van der Waals surface area contributed by atoms with Crippen molar-refractivity contribution in [2.45, 2.75) is 45.7 Å². The summed E-state index contributed by atoms with van der Waals surface area (Å²) in [6, 6.07) is 6.91. The Morgan fingerprint density at radius 3 is 2.67 bits per heavy atom. The van der Waals surface area contributed by atoms with Crippen molar-refractivity contribution in [3.05, 3.63) is 21.9 Å². The van der Waals surface area contributed by atoms with Gasteiger partial charge in [-0.05, 0) is 25.0 Å². The molecule has 3 heteroatoms. The zero-order chi connectivity index (χ0) is 11.1. The predicted octanol–water partition coefficient (Wildman–Crippen LogP) is 3.09. The van der Waals surface area contributed by atoms with Gasteiger partial charge in [-0.1, -0.05) is 13.8 Å². The maximum absolute atomic E-state index is 8.62. The lowest BCUT2D eigenvalue weighted by Crippen LogP contribution is -2.26. The van der Waals surface area contributed by atoms with Crippen LogP contribution >= 0.6 is 11.3 Å². The molecule has 82 valence electrons. The number of hydrogen-bond donors (Lipinski definition) is 1. The number of nitrogens with one attached hydrogen (secondary N) is 1. The average molecular weight is 222 g/mol. The van der Waals surface area contributed by atoms with Crippen LogP contribution in [0.25, 0.3) is 0 Å². The minimum Gasteiger partial charge on any atom is -0.308 e. The zero-order valence-electron chi connectivity index (χ0n) is 9.42. The highest BCUT2D eigenvalue weighted by atomic mass is 32.1. The van der Waals surface area contributed by atoms with E-state index in [1.807, 2.05) is 11.3 Å². The number of thiophene rings is 1. The highest BCUT2D eigenvalue weighted by molar-refractivity contribution is 7.11. The van der Waals surface area contributed by atoms with Crippen molar-refractivity contribution in [2.24, 2.45) is 0 Å². The lowest BCUT2D eigenvalue weighted by molar-refractivity contribution is 0.507. The summed E-state index contributed by atoms with van der Waals surface area (Å²) in [5.74, 6) is 0. The van der Waals surface area contributed by atoms with E-state index in [1.54, 1.807) is 0 Å². The fourth-order valence-corrected chi connectivity index (χ4v) is 2.33. The Labute approximate surface area is 95.9 Å². The third-order valence-electron chi connectivity index (χ3n) is 2.46. The second-order valence-electron chi connectivity index (χ2n) is 3.57. The van der Waals surface area contributed by atoms with Gasteiger partial charge in [0, 0.05) is 22.3 Å². The van der Waals surface area contributed by atoms with Crippen LogP contribution in [0.4, 0.5) is 0 Å². The molecule has 0 aliphatic carbocycles. The van der Waals surface area contributed by atoms with Crippen LogP contribution in [0.15, 0.2) is 12.1 Å². The lowest BCUT2D eigenvalue weighted by atomic mass is 10.1. The van der Waals surface area contributed by atoms with Crippen LogP contribution in [-0.4, -0.2) is 6.04 Å². The quantitative estimate of drug-likeness (QED) is 0.803. The van der Waals surface area contributed by atoms with Crippen molar-refractivity contribution in [1.29, 1.82) is 5.26 Å². The van der Waals surface area contributed by atoms with Crippen LogP contribution in [-0.2, 0) is 13.0 Å². The van der Waals surface area contributed by atoms with E-state index in [9.17, 15) is 0 Å². The first-order valence-corrected chi connectivity index (χ1v) is 6.29. The van der Waals surface area contributed by atoms with Crippen molar-refractivity contribution in [3.63, 3.8) is 0 Å². The average Bonchev–Trinajstić information content (AvgIpc) is 2.72. The molecule has 0 saturated carbocycles. The molecule has 0 aliphatic rings. The normalized spacial score (nSPS) is 12.3. The summed E-state index contributed by atoms with van der Waals surface area (Å²) in [6.07, 6.45) is 2.72. The monoisotopic (exact) mass is 222 g/mol. The van der Waals surface area contributed by atoms with Crippen molar-refractivity contribution in [2.75, 3.05) is 0 Å². The van der Waals surface area contributed by atoms with E-state index < -0.39 is 0 Å². The fraction of sp³-hybridized carbons (Fsp3) is 0.583. The van der Waals surface area contributed by atoms with E-state index in [4.69, 9.17) is 5.26 Å². The molecule has 0 aliphatic heterocycles. The van der Waals surface area contributed by atoms with Crippen molar-refractivity contribution < 1.29 is 0 Å². The van der Waals surface area contributed by atoms with Crippen LogP contribution in [0.1, 0.15) is 36.4 Å². The van der Waals surface area contributed by atoms with Crippen LogP contribution in [0, 0.1) is 11.3 Å². The molecule has 2 nitrogen and oxygen atoms in total. The van der Waals surface area contributed by atoms with Crippen molar-refractivity contribution in [1.82, 2.24) is 5.32 Å². The van der Waals surface area contributed by atoms with Gasteiger partial charge < -0.3 is 5.32 Å². The Hall–Kier alpha value is -0.850. The van der Waals surface area contributed by atoms with Gasteiger partial charge in [0.15, 0.2) is 0 Å². The number of nitriles is 1. The molecule has 15 heavy (non-hydrogen) atoms. The standard InChI is InChI=1S/C12H18N2S/c1-3-10(7-8-13)14-9-12-6-5-11(4-2)15-12/h5-6,10,14H,3-4,7,9H2,1-2H3. The van der Waals surface area contributed by atoms with Gasteiger partial charge in [-0.3, -0.25) is 0 Å². The van der Waals surface area contributed by atoms with Crippen LogP contribution in [0.3, 0.4) is 0 Å². The molecule has 0 aromatic carbocycles. The molecule has 0 spiro atoms. The van der Waals surface area contributed by atoms with E-state index in [2.05, 4.69) is 37.4 Å². The molecule has 0 saturated heterocycles. The lowest BCUT2D eigenvalue weighted by Gasteiger charge is -2.12. The number of hydrogen-bond acceptors (Lipinski definition) is 3. The molecule has 1 heterocycles. The summed E-state index contributed by atoms with van der Waals surface area (Å²) in [7, 11) is 0. The molecule has 0 fully saturated rings. The molecular weight excluding hydrogens is 204 g/mol.